The summed E-state index contributed by atoms with van der Waals surface area (Å²) >= 11 is 0. The van der Waals surface area contributed by atoms with Crippen molar-refractivity contribution in [2.45, 2.75) is 38.4 Å². The van der Waals surface area contributed by atoms with E-state index < -0.39 is 0 Å². The van der Waals surface area contributed by atoms with E-state index in [9.17, 15) is 0 Å². The lowest BCUT2D eigenvalue weighted by Gasteiger charge is -2.35. The minimum absolute atomic E-state index is 0.550. The summed E-state index contributed by atoms with van der Waals surface area (Å²) in [5.41, 5.74) is 2.01. The van der Waals surface area contributed by atoms with Gasteiger partial charge in [0, 0.05) is 25.0 Å². The molecule has 1 atom stereocenters. The fraction of sp³-hybridized carbons (Fsp3) is 0.412. The topological polar surface area (TPSA) is 44.9 Å². The average Bonchev–Trinajstić information content (AvgIpc) is 3.03. The zero-order valence-corrected chi connectivity index (χ0v) is 12.2. The molecular formula is C17H20N4. The van der Waals surface area contributed by atoms with E-state index in [1.807, 2.05) is 35.3 Å². The predicted molar refractivity (Wildman–Crippen MR) is 81.4 cm³/mol. The molecule has 4 heteroatoms. The Hall–Kier alpha value is -2.12. The quantitative estimate of drug-likeness (QED) is 0.865. The number of nitrogens with zero attached hydrogens (tertiary/aromatic N) is 4. The molecule has 0 bridgehead atoms. The molecule has 0 spiro atoms. The molecule has 21 heavy (non-hydrogen) atoms. The Bertz CT molecular complexity index is 595. The Labute approximate surface area is 125 Å². The lowest BCUT2D eigenvalue weighted by Crippen LogP contribution is -2.41. The van der Waals surface area contributed by atoms with Crippen LogP contribution in [0.25, 0.3) is 0 Å². The van der Waals surface area contributed by atoms with E-state index in [1.54, 1.807) is 0 Å². The molecule has 1 aliphatic heterocycles. The van der Waals surface area contributed by atoms with Gasteiger partial charge in [-0.3, -0.25) is 9.58 Å². The second-order valence-electron chi connectivity index (χ2n) is 5.66. The molecule has 108 valence electrons. The highest BCUT2D eigenvalue weighted by Crippen LogP contribution is 2.21. The summed E-state index contributed by atoms with van der Waals surface area (Å²) in [4.78, 5) is 2.55. The summed E-state index contributed by atoms with van der Waals surface area (Å²) in [5.74, 6) is 0. The zero-order chi connectivity index (χ0) is 14.5. The Morgan fingerprint density at radius 3 is 2.81 bits per heavy atom. The fourth-order valence-electron chi connectivity index (χ4n) is 3.02. The second kappa shape index (κ2) is 6.55. The minimum Gasteiger partial charge on any atom is -0.294 e. The molecule has 0 amide bonds. The zero-order valence-electron chi connectivity index (χ0n) is 12.2. The molecule has 1 aliphatic rings. The average molecular weight is 280 g/mol. The number of benzene rings is 1. The summed E-state index contributed by atoms with van der Waals surface area (Å²) in [7, 11) is 0. The van der Waals surface area contributed by atoms with Crippen molar-refractivity contribution in [3.63, 3.8) is 0 Å². The summed E-state index contributed by atoms with van der Waals surface area (Å²) in [5, 5.41) is 13.2. The third-order valence-electron chi connectivity index (χ3n) is 4.17. The number of aromatic nitrogens is 2. The Kier molecular flexibility index (Phi) is 4.32. The Morgan fingerprint density at radius 2 is 2.10 bits per heavy atom. The molecule has 1 unspecified atom stereocenters. The molecule has 1 aromatic carbocycles. The lowest BCUT2D eigenvalue weighted by atomic mass is 10.0. The van der Waals surface area contributed by atoms with Crippen molar-refractivity contribution in [2.75, 3.05) is 6.54 Å². The SMILES string of the molecule is N#Cc1ccc(CN2CCCCC2Cn2cccn2)cc1. The van der Waals surface area contributed by atoms with Gasteiger partial charge in [-0.2, -0.15) is 10.4 Å². The van der Waals surface area contributed by atoms with Gasteiger partial charge in [-0.05, 0) is 43.1 Å². The van der Waals surface area contributed by atoms with Gasteiger partial charge in [0.15, 0.2) is 0 Å². The Morgan fingerprint density at radius 1 is 1.24 bits per heavy atom. The first kappa shape index (κ1) is 13.8. The maximum atomic E-state index is 8.87. The molecule has 1 aromatic heterocycles. The van der Waals surface area contributed by atoms with Gasteiger partial charge in [-0.25, -0.2) is 0 Å². The van der Waals surface area contributed by atoms with E-state index in [1.165, 1.54) is 24.8 Å². The normalized spacial score (nSPS) is 19.3. The van der Waals surface area contributed by atoms with Crippen LogP contribution in [0.3, 0.4) is 0 Å². The molecule has 2 heterocycles. The van der Waals surface area contributed by atoms with E-state index >= 15 is 0 Å². The van der Waals surface area contributed by atoms with E-state index in [0.29, 0.717) is 6.04 Å². The largest absolute Gasteiger partial charge is 0.294 e. The number of hydrogen-bond donors (Lipinski definition) is 0. The molecule has 0 radical (unpaired) electrons. The van der Waals surface area contributed by atoms with Crippen molar-refractivity contribution >= 4 is 0 Å². The van der Waals surface area contributed by atoms with Crippen LogP contribution in [0.15, 0.2) is 42.7 Å². The highest BCUT2D eigenvalue weighted by molar-refractivity contribution is 5.31. The van der Waals surface area contributed by atoms with Crippen molar-refractivity contribution < 1.29 is 0 Å². The molecule has 4 nitrogen and oxygen atoms in total. The second-order valence-corrected chi connectivity index (χ2v) is 5.66. The van der Waals surface area contributed by atoms with Gasteiger partial charge in [-0.1, -0.05) is 18.6 Å². The van der Waals surface area contributed by atoms with Crippen LogP contribution in [0.5, 0.6) is 0 Å². The van der Waals surface area contributed by atoms with Crippen molar-refractivity contribution in [3.05, 3.63) is 53.9 Å². The highest BCUT2D eigenvalue weighted by atomic mass is 15.3. The molecule has 0 aliphatic carbocycles. The van der Waals surface area contributed by atoms with Gasteiger partial charge in [-0.15, -0.1) is 0 Å². The molecular weight excluding hydrogens is 260 g/mol. The number of likely N-dealkylation sites (tertiary alicyclic amines) is 1. The van der Waals surface area contributed by atoms with Crippen LogP contribution in [0.2, 0.25) is 0 Å². The summed E-state index contributed by atoms with van der Waals surface area (Å²) in [6.07, 6.45) is 7.68. The first-order chi connectivity index (χ1) is 10.3. The van der Waals surface area contributed by atoms with Crippen LogP contribution in [-0.2, 0) is 13.1 Å². The van der Waals surface area contributed by atoms with Gasteiger partial charge < -0.3 is 0 Å². The van der Waals surface area contributed by atoms with E-state index in [2.05, 4.69) is 28.2 Å². The van der Waals surface area contributed by atoms with Gasteiger partial charge in [0.05, 0.1) is 18.2 Å². The van der Waals surface area contributed by atoms with Crippen molar-refractivity contribution in [1.29, 1.82) is 5.26 Å². The molecule has 3 rings (SSSR count). The first-order valence-electron chi connectivity index (χ1n) is 7.55. The lowest BCUT2D eigenvalue weighted by molar-refractivity contribution is 0.122. The van der Waals surface area contributed by atoms with Gasteiger partial charge >= 0.3 is 0 Å². The van der Waals surface area contributed by atoms with Crippen molar-refractivity contribution in [1.82, 2.24) is 14.7 Å². The Balaban J connectivity index is 1.67. The summed E-state index contributed by atoms with van der Waals surface area (Å²) < 4.78 is 2.03. The van der Waals surface area contributed by atoms with Crippen LogP contribution in [-0.4, -0.2) is 27.3 Å². The van der Waals surface area contributed by atoms with Crippen LogP contribution >= 0.6 is 0 Å². The molecule has 0 N–H and O–H groups in total. The highest BCUT2D eigenvalue weighted by Gasteiger charge is 2.22. The van der Waals surface area contributed by atoms with E-state index in [-0.39, 0.29) is 0 Å². The third-order valence-corrected chi connectivity index (χ3v) is 4.17. The molecule has 0 saturated carbocycles. The number of hydrogen-bond acceptors (Lipinski definition) is 3. The summed E-state index contributed by atoms with van der Waals surface area (Å²) in [6, 6.07) is 12.6. The van der Waals surface area contributed by atoms with Crippen LogP contribution in [0, 0.1) is 11.3 Å². The van der Waals surface area contributed by atoms with E-state index in [4.69, 9.17) is 5.26 Å². The maximum absolute atomic E-state index is 8.87. The first-order valence-corrected chi connectivity index (χ1v) is 7.55. The minimum atomic E-state index is 0.550. The molecule has 2 aromatic rings. The van der Waals surface area contributed by atoms with Crippen LogP contribution in [0.4, 0.5) is 0 Å². The van der Waals surface area contributed by atoms with Crippen LogP contribution in [0.1, 0.15) is 30.4 Å². The maximum Gasteiger partial charge on any atom is 0.0991 e. The predicted octanol–water partition coefficient (Wildman–Crippen LogP) is 2.81. The van der Waals surface area contributed by atoms with E-state index in [0.717, 1.165) is 25.2 Å². The number of nitriles is 1. The van der Waals surface area contributed by atoms with Crippen molar-refractivity contribution in [2.24, 2.45) is 0 Å². The molecule has 1 saturated heterocycles. The number of rotatable bonds is 4. The molecule has 1 fully saturated rings. The summed E-state index contributed by atoms with van der Waals surface area (Å²) in [6.45, 7) is 3.06. The van der Waals surface area contributed by atoms with Crippen molar-refractivity contribution in [3.8, 4) is 6.07 Å². The monoisotopic (exact) mass is 280 g/mol. The fourth-order valence-corrected chi connectivity index (χ4v) is 3.02. The van der Waals surface area contributed by atoms with Gasteiger partial charge in [0.2, 0.25) is 0 Å². The van der Waals surface area contributed by atoms with Crippen LogP contribution < -0.4 is 0 Å². The van der Waals surface area contributed by atoms with Gasteiger partial charge in [0.1, 0.15) is 0 Å². The van der Waals surface area contributed by atoms with Gasteiger partial charge in [0.25, 0.3) is 0 Å². The smallest absolute Gasteiger partial charge is 0.0991 e. The standard InChI is InChI=1S/C17H20N4/c18-12-15-5-7-16(8-6-15)13-20-10-2-1-4-17(20)14-21-11-3-9-19-21/h3,5-9,11,17H,1-2,4,10,13-14H2. The number of piperidine rings is 1. The third kappa shape index (κ3) is 3.50.